The van der Waals surface area contributed by atoms with Gasteiger partial charge in [-0.1, -0.05) is 5.92 Å². The van der Waals surface area contributed by atoms with Crippen molar-refractivity contribution in [2.45, 2.75) is 19.1 Å². The van der Waals surface area contributed by atoms with E-state index in [9.17, 15) is 4.39 Å². The zero-order valence-electron chi connectivity index (χ0n) is 7.40. The second-order valence-corrected chi connectivity index (χ2v) is 2.71. The fraction of sp³-hybridized carbons (Fsp3) is 0.556. The maximum atomic E-state index is 13.0. The van der Waals surface area contributed by atoms with Gasteiger partial charge in [-0.25, -0.2) is 9.38 Å². The van der Waals surface area contributed by atoms with Crippen molar-refractivity contribution in [3.05, 3.63) is 0 Å². The lowest BCUT2D eigenvalue weighted by Crippen LogP contribution is -2.19. The molecular weight excluding hydrogens is 171 g/mol. The van der Waals surface area contributed by atoms with Gasteiger partial charge in [0.1, 0.15) is 6.17 Å². The van der Waals surface area contributed by atoms with Gasteiger partial charge in [0.2, 0.25) is 5.90 Å². The highest BCUT2D eigenvalue weighted by Gasteiger charge is 2.17. The topological polar surface area (TPSA) is 34.0 Å². The van der Waals surface area contributed by atoms with Crippen LogP contribution in [-0.2, 0) is 4.74 Å². The molecular formula is C9H11FN2O. The number of halogens is 1. The van der Waals surface area contributed by atoms with Gasteiger partial charge in [0.25, 0.3) is 0 Å². The molecule has 0 saturated heterocycles. The Hall–Kier alpha value is -1.37. The highest BCUT2D eigenvalue weighted by Crippen LogP contribution is 2.06. The number of ether oxygens (including phenoxy) is 1. The van der Waals surface area contributed by atoms with Crippen LogP contribution >= 0.6 is 0 Å². The lowest BCUT2D eigenvalue weighted by Gasteiger charge is -2.07. The Bertz CT molecular complexity index is 267. The van der Waals surface area contributed by atoms with Crippen LogP contribution in [0.3, 0.4) is 0 Å². The molecule has 0 bridgehead atoms. The summed E-state index contributed by atoms with van der Waals surface area (Å²) in [6, 6.07) is -0.421. The van der Waals surface area contributed by atoms with Crippen molar-refractivity contribution >= 4 is 12.1 Å². The van der Waals surface area contributed by atoms with E-state index < -0.39 is 12.2 Å². The first-order chi connectivity index (χ1) is 6.24. The molecule has 0 radical (unpaired) electrons. The average Bonchev–Trinajstić information content (AvgIpc) is 2.26. The van der Waals surface area contributed by atoms with Crippen LogP contribution in [0.1, 0.15) is 6.92 Å². The Balaban J connectivity index is 2.61. The molecule has 0 aromatic heterocycles. The maximum Gasteiger partial charge on any atom is 0.228 e. The van der Waals surface area contributed by atoms with Crippen molar-refractivity contribution in [1.82, 2.24) is 0 Å². The number of nitrogens with zero attached hydrogens (tertiary/aromatic N) is 2. The molecule has 0 spiro atoms. The molecule has 0 aliphatic carbocycles. The molecule has 4 heteroatoms. The van der Waals surface area contributed by atoms with Gasteiger partial charge in [-0.3, -0.25) is 4.99 Å². The smallest absolute Gasteiger partial charge is 0.228 e. The van der Waals surface area contributed by atoms with E-state index >= 15 is 0 Å². The Morgan fingerprint density at radius 3 is 3.31 bits per heavy atom. The normalized spacial score (nSPS) is 27.3. The van der Waals surface area contributed by atoms with Crippen molar-refractivity contribution in [2.75, 3.05) is 13.2 Å². The Morgan fingerprint density at radius 1 is 1.85 bits per heavy atom. The fourth-order valence-electron chi connectivity index (χ4n) is 0.889. The predicted molar refractivity (Wildman–Crippen MR) is 49.9 cm³/mol. The van der Waals surface area contributed by atoms with Crippen molar-refractivity contribution in [3.8, 4) is 12.3 Å². The minimum atomic E-state index is -1.04. The first-order valence-electron chi connectivity index (χ1n) is 4.02. The summed E-state index contributed by atoms with van der Waals surface area (Å²) >= 11 is 0. The number of rotatable bonds is 1. The number of terminal acetylenes is 1. The summed E-state index contributed by atoms with van der Waals surface area (Å²) in [6.45, 7) is 1.95. The number of hydrogen-bond donors (Lipinski definition) is 0. The molecule has 0 amide bonds. The molecule has 2 atom stereocenters. The van der Waals surface area contributed by atoms with Crippen LogP contribution in [0, 0.1) is 12.3 Å². The number of alkyl halides is 1. The van der Waals surface area contributed by atoms with Crippen LogP contribution in [0.2, 0.25) is 0 Å². The lowest BCUT2D eigenvalue weighted by atomic mass is 10.2. The van der Waals surface area contributed by atoms with E-state index in [1.165, 1.54) is 6.21 Å². The summed E-state index contributed by atoms with van der Waals surface area (Å²) in [7, 11) is 0. The summed E-state index contributed by atoms with van der Waals surface area (Å²) in [4.78, 5) is 7.78. The van der Waals surface area contributed by atoms with Gasteiger partial charge in [-0.05, 0) is 6.92 Å². The van der Waals surface area contributed by atoms with Crippen molar-refractivity contribution in [3.63, 3.8) is 0 Å². The van der Waals surface area contributed by atoms with Crippen LogP contribution in [0.15, 0.2) is 9.98 Å². The molecule has 1 aliphatic rings. The van der Waals surface area contributed by atoms with E-state index in [0.29, 0.717) is 5.90 Å². The summed E-state index contributed by atoms with van der Waals surface area (Å²) in [5, 5.41) is 0. The monoisotopic (exact) mass is 182 g/mol. The molecule has 1 aliphatic heterocycles. The van der Waals surface area contributed by atoms with Gasteiger partial charge in [-0.2, -0.15) is 0 Å². The fourth-order valence-corrected chi connectivity index (χ4v) is 0.889. The second-order valence-electron chi connectivity index (χ2n) is 2.71. The van der Waals surface area contributed by atoms with Gasteiger partial charge in [0.05, 0.1) is 18.8 Å². The third-order valence-corrected chi connectivity index (χ3v) is 1.64. The summed E-state index contributed by atoms with van der Waals surface area (Å²) in [5.41, 5.74) is 0. The van der Waals surface area contributed by atoms with Crippen molar-refractivity contribution in [1.29, 1.82) is 0 Å². The van der Waals surface area contributed by atoms with Crippen molar-refractivity contribution in [2.24, 2.45) is 9.98 Å². The summed E-state index contributed by atoms with van der Waals surface area (Å²) in [6.07, 6.45) is 5.37. The minimum absolute atomic E-state index is 0.133. The molecule has 0 aromatic carbocycles. The van der Waals surface area contributed by atoms with E-state index in [1.54, 1.807) is 6.92 Å². The molecule has 0 aromatic rings. The molecule has 13 heavy (non-hydrogen) atoms. The Kier molecular flexibility index (Phi) is 3.44. The first-order valence-corrected chi connectivity index (χ1v) is 4.02. The van der Waals surface area contributed by atoms with Crippen LogP contribution in [0.25, 0.3) is 0 Å². The molecule has 70 valence electrons. The lowest BCUT2D eigenvalue weighted by molar-refractivity contribution is 0.298. The maximum absolute atomic E-state index is 13.0. The van der Waals surface area contributed by atoms with Gasteiger partial charge < -0.3 is 4.74 Å². The van der Waals surface area contributed by atoms with Gasteiger partial charge in [-0.15, -0.1) is 6.42 Å². The van der Waals surface area contributed by atoms with Crippen molar-refractivity contribution < 1.29 is 9.13 Å². The molecule has 3 nitrogen and oxygen atoms in total. The van der Waals surface area contributed by atoms with E-state index in [1.807, 2.05) is 0 Å². The summed E-state index contributed by atoms with van der Waals surface area (Å²) in [5.74, 6) is 2.61. The highest BCUT2D eigenvalue weighted by atomic mass is 19.1. The standard InChI is InChI=1S/C9H11FN2O/c1-3-4-13-9-6-11-5-8(10)7(2)12-9/h1,6-8H,4-5H2,2H3/t7-,8?/m1/s1. The second kappa shape index (κ2) is 4.61. The molecule has 0 N–H and O–H groups in total. The molecule has 0 fully saturated rings. The van der Waals surface area contributed by atoms with Gasteiger partial charge in [0.15, 0.2) is 6.61 Å². The van der Waals surface area contributed by atoms with Crippen LogP contribution < -0.4 is 0 Å². The van der Waals surface area contributed by atoms with E-state index in [4.69, 9.17) is 11.2 Å². The van der Waals surface area contributed by atoms with Gasteiger partial charge >= 0.3 is 0 Å². The SMILES string of the molecule is C#CCOC1=N[C@H](C)C(F)CN=C1. The predicted octanol–water partition coefficient (Wildman–Crippen LogP) is 0.846. The van der Waals surface area contributed by atoms with Crippen LogP contribution in [0.4, 0.5) is 4.39 Å². The molecule has 1 heterocycles. The first kappa shape index (κ1) is 9.72. The third-order valence-electron chi connectivity index (χ3n) is 1.64. The quantitative estimate of drug-likeness (QED) is 0.553. The van der Waals surface area contributed by atoms with Gasteiger partial charge in [0, 0.05) is 0 Å². The third kappa shape index (κ3) is 2.86. The highest BCUT2D eigenvalue weighted by molar-refractivity contribution is 6.26. The minimum Gasteiger partial charge on any atom is -0.464 e. The zero-order valence-corrected chi connectivity index (χ0v) is 7.40. The molecule has 1 rings (SSSR count). The number of aliphatic imine (C=N–C) groups is 2. The average molecular weight is 182 g/mol. The Morgan fingerprint density at radius 2 is 2.62 bits per heavy atom. The Labute approximate surface area is 76.7 Å². The van der Waals surface area contributed by atoms with E-state index in [-0.39, 0.29) is 13.2 Å². The summed E-state index contributed by atoms with van der Waals surface area (Å²) < 4.78 is 18.0. The van der Waals surface area contributed by atoms with Crippen LogP contribution in [-0.4, -0.2) is 37.5 Å². The largest absolute Gasteiger partial charge is 0.464 e. The van der Waals surface area contributed by atoms with E-state index in [0.717, 1.165) is 0 Å². The van der Waals surface area contributed by atoms with Crippen LogP contribution in [0.5, 0.6) is 0 Å². The molecule has 1 unspecified atom stereocenters. The van der Waals surface area contributed by atoms with E-state index in [2.05, 4.69) is 15.9 Å². The zero-order chi connectivity index (χ0) is 9.68. The molecule has 0 saturated carbocycles. The number of hydrogen-bond acceptors (Lipinski definition) is 3.